The molecule has 4 rings (SSSR count). The van der Waals surface area contributed by atoms with E-state index in [1.165, 1.54) is 4.88 Å². The number of carbonyl (C=O) groups is 1. The Bertz CT molecular complexity index is 1250. The van der Waals surface area contributed by atoms with Crippen LogP contribution in [0.5, 0.6) is 5.75 Å². The lowest BCUT2D eigenvalue weighted by Crippen LogP contribution is -2.36. The minimum absolute atomic E-state index is 0.00555. The van der Waals surface area contributed by atoms with E-state index >= 15 is 0 Å². The number of carbonyl (C=O) groups excluding carboxylic acids is 1. The van der Waals surface area contributed by atoms with E-state index < -0.39 is 15.9 Å². The van der Waals surface area contributed by atoms with Gasteiger partial charge in [-0.3, -0.25) is 4.79 Å². The number of aliphatic hydroxyl groups excluding tert-OH is 1. The standard InChI is InChI=1S/C28H40N2O5S2/c1-17-6-9-23(18(2)12-17)35-15-21(31)14-29-27-25(26(32)30-20-10-11-37(33,34)16-20)22-8-7-19(28(3,4)5)13-24(22)36-27/h6,9,12,19-21,29,31H,7-8,10-11,13-16H2,1-5H3,(H,30,32). The number of hydrogen-bond donors (Lipinski definition) is 3. The Labute approximate surface area is 224 Å². The molecule has 37 heavy (non-hydrogen) atoms. The number of fused-ring (bicyclic) bond motifs is 1. The second-order valence-electron chi connectivity index (χ2n) is 11.7. The van der Waals surface area contributed by atoms with E-state index in [0.29, 0.717) is 17.9 Å². The summed E-state index contributed by atoms with van der Waals surface area (Å²) in [7, 11) is -3.09. The minimum atomic E-state index is -3.09. The molecule has 0 spiro atoms. The molecule has 0 radical (unpaired) electrons. The van der Waals surface area contributed by atoms with E-state index in [-0.39, 0.29) is 42.0 Å². The van der Waals surface area contributed by atoms with Gasteiger partial charge in [0.1, 0.15) is 23.5 Å². The van der Waals surface area contributed by atoms with Crippen LogP contribution in [0, 0.1) is 25.2 Å². The number of anilines is 1. The first kappa shape index (κ1) is 27.9. The SMILES string of the molecule is Cc1ccc(OCC(O)CNc2sc3c(c2C(=O)NC2CCS(=O)(=O)C2)CCC(C(C)(C)C)C3)c(C)c1. The second-order valence-corrected chi connectivity index (χ2v) is 15.0. The molecule has 0 bridgehead atoms. The number of hydrogen-bond acceptors (Lipinski definition) is 7. The summed E-state index contributed by atoms with van der Waals surface area (Å²) in [6.45, 7) is 11.2. The molecule has 1 aromatic carbocycles. The molecule has 1 aliphatic carbocycles. The molecular formula is C28H40N2O5S2. The highest BCUT2D eigenvalue weighted by Crippen LogP contribution is 2.44. The molecule has 1 fully saturated rings. The van der Waals surface area contributed by atoms with Gasteiger partial charge in [0.05, 0.1) is 17.1 Å². The molecule has 2 heterocycles. The van der Waals surface area contributed by atoms with Crippen LogP contribution in [-0.2, 0) is 22.7 Å². The zero-order chi connectivity index (χ0) is 27.0. The number of amides is 1. The Hall–Kier alpha value is -2.10. The summed E-state index contributed by atoms with van der Waals surface area (Å²) in [5.74, 6) is 1.16. The Morgan fingerprint density at radius 2 is 2.00 bits per heavy atom. The molecule has 1 aliphatic heterocycles. The van der Waals surface area contributed by atoms with Gasteiger partial charge < -0.3 is 20.5 Å². The van der Waals surface area contributed by atoms with Crippen LogP contribution >= 0.6 is 11.3 Å². The summed E-state index contributed by atoms with van der Waals surface area (Å²) < 4.78 is 29.7. The topological polar surface area (TPSA) is 105 Å². The first-order valence-electron chi connectivity index (χ1n) is 13.1. The van der Waals surface area contributed by atoms with E-state index in [1.54, 1.807) is 11.3 Å². The van der Waals surface area contributed by atoms with Gasteiger partial charge in [-0.1, -0.05) is 38.5 Å². The average Bonchev–Trinajstić information content (AvgIpc) is 3.34. The van der Waals surface area contributed by atoms with Crippen molar-refractivity contribution in [1.29, 1.82) is 0 Å². The van der Waals surface area contributed by atoms with Crippen molar-refractivity contribution >= 4 is 32.1 Å². The first-order valence-corrected chi connectivity index (χ1v) is 15.7. The molecular weight excluding hydrogens is 508 g/mol. The van der Waals surface area contributed by atoms with Gasteiger partial charge in [-0.05, 0) is 68.1 Å². The number of thiophene rings is 1. The molecule has 1 aromatic heterocycles. The van der Waals surface area contributed by atoms with E-state index in [1.807, 2.05) is 32.0 Å². The van der Waals surface area contributed by atoms with Crippen LogP contribution < -0.4 is 15.4 Å². The van der Waals surface area contributed by atoms with Crippen molar-refractivity contribution in [1.82, 2.24) is 5.32 Å². The third-order valence-corrected chi connectivity index (χ3v) is 10.5. The van der Waals surface area contributed by atoms with Crippen molar-refractivity contribution in [2.24, 2.45) is 11.3 Å². The fourth-order valence-corrected chi connectivity index (χ4v) is 8.28. The van der Waals surface area contributed by atoms with Gasteiger partial charge in [0.15, 0.2) is 9.84 Å². The summed E-state index contributed by atoms with van der Waals surface area (Å²) in [4.78, 5) is 14.6. The van der Waals surface area contributed by atoms with Crippen LogP contribution in [0.3, 0.4) is 0 Å². The zero-order valence-electron chi connectivity index (χ0n) is 22.5. The van der Waals surface area contributed by atoms with Crippen LogP contribution in [-0.4, -0.2) is 56.2 Å². The van der Waals surface area contributed by atoms with Crippen molar-refractivity contribution in [2.45, 2.75) is 72.4 Å². The maximum Gasteiger partial charge on any atom is 0.254 e. The fraction of sp³-hybridized carbons (Fsp3) is 0.607. The summed E-state index contributed by atoms with van der Waals surface area (Å²) in [5.41, 5.74) is 4.03. The van der Waals surface area contributed by atoms with E-state index in [0.717, 1.165) is 46.7 Å². The Balaban J connectivity index is 1.48. The second kappa shape index (κ2) is 10.9. The Morgan fingerprint density at radius 1 is 1.24 bits per heavy atom. The molecule has 1 saturated heterocycles. The van der Waals surface area contributed by atoms with Crippen molar-refractivity contribution in [2.75, 3.05) is 30.0 Å². The van der Waals surface area contributed by atoms with Crippen LogP contribution in [0.15, 0.2) is 18.2 Å². The summed E-state index contributed by atoms with van der Waals surface area (Å²) in [5, 5.41) is 17.7. The molecule has 3 N–H and O–H groups in total. The molecule has 3 unspecified atom stereocenters. The highest BCUT2D eigenvalue weighted by atomic mass is 32.2. The van der Waals surface area contributed by atoms with Crippen LogP contribution in [0.25, 0.3) is 0 Å². The van der Waals surface area contributed by atoms with Gasteiger partial charge in [0.2, 0.25) is 0 Å². The van der Waals surface area contributed by atoms with Crippen molar-refractivity contribution in [3.8, 4) is 5.75 Å². The largest absolute Gasteiger partial charge is 0.491 e. The lowest BCUT2D eigenvalue weighted by atomic mass is 9.72. The van der Waals surface area contributed by atoms with E-state index in [2.05, 4.69) is 31.4 Å². The van der Waals surface area contributed by atoms with Gasteiger partial charge in [0, 0.05) is 17.5 Å². The highest BCUT2D eigenvalue weighted by molar-refractivity contribution is 7.91. The summed E-state index contributed by atoms with van der Waals surface area (Å²) in [6, 6.07) is 5.58. The third-order valence-electron chi connectivity index (χ3n) is 7.54. The van der Waals surface area contributed by atoms with Crippen molar-refractivity contribution in [3.63, 3.8) is 0 Å². The number of sulfone groups is 1. The smallest absolute Gasteiger partial charge is 0.254 e. The highest BCUT2D eigenvalue weighted by Gasteiger charge is 2.35. The van der Waals surface area contributed by atoms with Crippen molar-refractivity contribution < 1.29 is 23.1 Å². The fourth-order valence-electron chi connectivity index (χ4n) is 5.27. The molecule has 2 aromatic rings. The lowest BCUT2D eigenvalue weighted by molar-refractivity contribution is 0.0940. The predicted octanol–water partition coefficient (Wildman–Crippen LogP) is 4.28. The van der Waals surface area contributed by atoms with Gasteiger partial charge >= 0.3 is 0 Å². The normalized spacial score (nSPS) is 21.8. The molecule has 9 heteroatoms. The number of aliphatic hydroxyl groups is 1. The van der Waals surface area contributed by atoms with Crippen LogP contribution in [0.2, 0.25) is 0 Å². The van der Waals surface area contributed by atoms with Gasteiger partial charge in [-0.2, -0.15) is 0 Å². The maximum atomic E-state index is 13.4. The Kier molecular flexibility index (Phi) is 8.26. The zero-order valence-corrected chi connectivity index (χ0v) is 24.2. The minimum Gasteiger partial charge on any atom is -0.491 e. The van der Waals surface area contributed by atoms with Crippen LogP contribution in [0.1, 0.15) is 65.5 Å². The van der Waals surface area contributed by atoms with E-state index in [9.17, 15) is 18.3 Å². The molecule has 7 nitrogen and oxygen atoms in total. The monoisotopic (exact) mass is 548 g/mol. The first-order chi connectivity index (χ1) is 17.3. The predicted molar refractivity (Wildman–Crippen MR) is 150 cm³/mol. The summed E-state index contributed by atoms with van der Waals surface area (Å²) >= 11 is 1.59. The number of ether oxygens (including phenoxy) is 1. The van der Waals surface area contributed by atoms with Crippen LogP contribution in [0.4, 0.5) is 5.00 Å². The Morgan fingerprint density at radius 3 is 2.65 bits per heavy atom. The number of aryl methyl sites for hydroxylation is 2. The number of rotatable bonds is 8. The number of benzene rings is 1. The van der Waals surface area contributed by atoms with E-state index in [4.69, 9.17) is 4.74 Å². The molecule has 2 aliphatic rings. The maximum absolute atomic E-state index is 13.4. The number of nitrogens with one attached hydrogen (secondary N) is 2. The van der Waals surface area contributed by atoms with Gasteiger partial charge in [-0.25, -0.2) is 8.42 Å². The lowest BCUT2D eigenvalue weighted by Gasteiger charge is -2.33. The molecule has 3 atom stereocenters. The molecule has 1 amide bonds. The third kappa shape index (κ3) is 6.86. The van der Waals surface area contributed by atoms with Gasteiger partial charge in [-0.15, -0.1) is 11.3 Å². The molecule has 0 saturated carbocycles. The average molecular weight is 549 g/mol. The quantitative estimate of drug-likeness (QED) is 0.455. The molecule has 204 valence electrons. The van der Waals surface area contributed by atoms with Crippen molar-refractivity contribution in [3.05, 3.63) is 45.3 Å². The van der Waals surface area contributed by atoms with Gasteiger partial charge in [0.25, 0.3) is 5.91 Å². The summed E-state index contributed by atoms with van der Waals surface area (Å²) in [6.07, 6.45) is 2.43.